The van der Waals surface area contributed by atoms with Crippen LogP contribution in [0, 0.1) is 0 Å². The van der Waals surface area contributed by atoms with Crippen LogP contribution in [0.2, 0.25) is 5.02 Å². The number of nitrogens with one attached hydrogen (secondary N) is 2. The number of para-hydroxylation sites is 2. The Morgan fingerprint density at radius 3 is 2.43 bits per heavy atom. The summed E-state index contributed by atoms with van der Waals surface area (Å²) >= 11 is 5.99. The first kappa shape index (κ1) is 22.4. The molecule has 8 nitrogen and oxygen atoms in total. The smallest absolute Gasteiger partial charge is 0.279 e. The van der Waals surface area contributed by atoms with E-state index in [1.165, 1.54) is 17.5 Å². The van der Waals surface area contributed by atoms with Crippen molar-refractivity contribution in [2.24, 2.45) is 0 Å². The lowest BCUT2D eigenvalue weighted by Crippen LogP contribution is -3.15. The quantitative estimate of drug-likeness (QED) is 0.648. The van der Waals surface area contributed by atoms with Crippen molar-refractivity contribution in [1.29, 1.82) is 0 Å². The van der Waals surface area contributed by atoms with Crippen molar-refractivity contribution in [2.75, 3.05) is 52.3 Å². The van der Waals surface area contributed by atoms with Gasteiger partial charge in [-0.2, -0.15) is 4.31 Å². The second kappa shape index (κ2) is 9.65. The molecule has 1 aliphatic rings. The Bertz CT molecular complexity index is 1010. The van der Waals surface area contributed by atoms with Crippen molar-refractivity contribution in [3.05, 3.63) is 47.5 Å². The topological polar surface area (TPSA) is 89.4 Å². The van der Waals surface area contributed by atoms with Gasteiger partial charge < -0.3 is 19.7 Å². The van der Waals surface area contributed by atoms with Gasteiger partial charge in [0.25, 0.3) is 5.91 Å². The van der Waals surface area contributed by atoms with E-state index in [0.717, 1.165) is 4.90 Å². The fraction of sp³-hybridized carbons (Fsp3) is 0.350. The van der Waals surface area contributed by atoms with Crippen LogP contribution in [0.25, 0.3) is 0 Å². The first-order chi connectivity index (χ1) is 14.3. The molecular formula is C20H25ClN3O5S+. The molecule has 1 saturated heterocycles. The Balaban J connectivity index is 1.61. The van der Waals surface area contributed by atoms with Gasteiger partial charge in [-0.25, -0.2) is 8.42 Å². The largest absolute Gasteiger partial charge is 0.495 e. The number of piperazine rings is 1. The summed E-state index contributed by atoms with van der Waals surface area (Å²) < 4.78 is 37.9. The van der Waals surface area contributed by atoms with Gasteiger partial charge in [0.05, 0.1) is 46.1 Å². The van der Waals surface area contributed by atoms with Gasteiger partial charge >= 0.3 is 0 Å². The number of halogens is 1. The molecule has 0 bridgehead atoms. The molecule has 3 rings (SSSR count). The molecule has 0 saturated carbocycles. The predicted molar refractivity (Wildman–Crippen MR) is 114 cm³/mol. The number of nitrogens with zero attached hydrogens (tertiary/aromatic N) is 1. The highest BCUT2D eigenvalue weighted by molar-refractivity contribution is 7.89. The number of hydrogen-bond donors (Lipinski definition) is 2. The molecule has 162 valence electrons. The van der Waals surface area contributed by atoms with Crippen LogP contribution < -0.4 is 19.7 Å². The molecule has 0 aliphatic carbocycles. The Morgan fingerprint density at radius 2 is 1.77 bits per heavy atom. The number of sulfonamides is 1. The van der Waals surface area contributed by atoms with E-state index in [0.29, 0.717) is 42.6 Å². The molecule has 1 aliphatic heterocycles. The zero-order valence-corrected chi connectivity index (χ0v) is 18.4. The zero-order valence-electron chi connectivity index (χ0n) is 16.9. The van der Waals surface area contributed by atoms with Crippen molar-refractivity contribution < 1.29 is 27.6 Å². The molecule has 10 heteroatoms. The number of anilines is 1. The summed E-state index contributed by atoms with van der Waals surface area (Å²) in [5, 5.41) is 3.18. The van der Waals surface area contributed by atoms with Gasteiger partial charge in [-0.05, 0) is 30.3 Å². The lowest BCUT2D eigenvalue weighted by Gasteiger charge is -2.31. The van der Waals surface area contributed by atoms with E-state index < -0.39 is 10.0 Å². The average molecular weight is 455 g/mol. The minimum absolute atomic E-state index is 0.0508. The first-order valence-corrected chi connectivity index (χ1v) is 11.3. The Kier molecular flexibility index (Phi) is 7.19. The SMILES string of the molecule is COc1ccccc1NC(=O)C[NH+]1CCN(S(=O)(=O)c2cc(Cl)ccc2OC)CC1. The van der Waals surface area contributed by atoms with Crippen LogP contribution in [-0.2, 0) is 14.8 Å². The van der Waals surface area contributed by atoms with Crippen LogP contribution in [0.3, 0.4) is 0 Å². The Morgan fingerprint density at radius 1 is 1.10 bits per heavy atom. The van der Waals surface area contributed by atoms with E-state index in [-0.39, 0.29) is 23.1 Å². The molecule has 1 fully saturated rings. The van der Waals surface area contributed by atoms with Gasteiger partial charge in [0.1, 0.15) is 16.4 Å². The molecule has 0 atom stereocenters. The van der Waals surface area contributed by atoms with Crippen molar-refractivity contribution in [3.63, 3.8) is 0 Å². The summed E-state index contributed by atoms with van der Waals surface area (Å²) in [6.07, 6.45) is 0. The maximum Gasteiger partial charge on any atom is 0.279 e. The van der Waals surface area contributed by atoms with Crippen LogP contribution in [0.1, 0.15) is 0 Å². The highest BCUT2D eigenvalue weighted by Gasteiger charge is 2.33. The van der Waals surface area contributed by atoms with Crippen LogP contribution >= 0.6 is 11.6 Å². The first-order valence-electron chi connectivity index (χ1n) is 9.45. The number of carbonyl (C=O) groups is 1. The second-order valence-electron chi connectivity index (χ2n) is 6.87. The summed E-state index contributed by atoms with van der Waals surface area (Å²) in [7, 11) is -0.776. The summed E-state index contributed by atoms with van der Waals surface area (Å²) in [6.45, 7) is 1.87. The van der Waals surface area contributed by atoms with Gasteiger partial charge in [0, 0.05) is 5.02 Å². The standard InChI is InChI=1S/C20H24ClN3O5S/c1-28-17-6-4-3-5-16(17)22-20(25)14-23-9-11-24(12-10-23)30(26,27)19-13-15(21)7-8-18(19)29-2/h3-8,13H,9-12,14H2,1-2H3,(H,22,25)/p+1. The normalized spacial score (nSPS) is 15.6. The average Bonchev–Trinajstić information content (AvgIpc) is 2.74. The number of benzene rings is 2. The number of quaternary nitrogens is 1. The molecule has 0 unspecified atom stereocenters. The van der Waals surface area contributed by atoms with E-state index in [9.17, 15) is 13.2 Å². The molecule has 30 heavy (non-hydrogen) atoms. The van der Waals surface area contributed by atoms with Crippen molar-refractivity contribution in [2.45, 2.75) is 4.90 Å². The van der Waals surface area contributed by atoms with Gasteiger partial charge in [-0.3, -0.25) is 4.79 Å². The van der Waals surface area contributed by atoms with Crippen molar-refractivity contribution >= 4 is 33.2 Å². The highest BCUT2D eigenvalue weighted by atomic mass is 35.5. The lowest BCUT2D eigenvalue weighted by atomic mass is 10.3. The highest BCUT2D eigenvalue weighted by Crippen LogP contribution is 2.29. The molecule has 2 aromatic carbocycles. The Hall–Kier alpha value is -2.33. The number of hydrogen-bond acceptors (Lipinski definition) is 5. The maximum absolute atomic E-state index is 13.0. The van der Waals surface area contributed by atoms with E-state index >= 15 is 0 Å². The van der Waals surface area contributed by atoms with E-state index in [1.54, 1.807) is 31.4 Å². The van der Waals surface area contributed by atoms with E-state index in [1.807, 2.05) is 12.1 Å². The van der Waals surface area contributed by atoms with Crippen molar-refractivity contribution in [1.82, 2.24) is 4.31 Å². The summed E-state index contributed by atoms with van der Waals surface area (Å²) in [4.78, 5) is 13.5. The van der Waals surface area contributed by atoms with Gasteiger partial charge in [-0.1, -0.05) is 23.7 Å². The van der Waals surface area contributed by atoms with Crippen molar-refractivity contribution in [3.8, 4) is 11.5 Å². The number of amides is 1. The minimum atomic E-state index is -3.74. The Labute approximate surface area is 181 Å². The molecule has 2 N–H and O–H groups in total. The summed E-state index contributed by atoms with van der Waals surface area (Å²) in [5.41, 5.74) is 0.610. The monoisotopic (exact) mass is 454 g/mol. The van der Waals surface area contributed by atoms with Gasteiger partial charge in [0.2, 0.25) is 10.0 Å². The number of rotatable bonds is 7. The van der Waals surface area contributed by atoms with Crippen LogP contribution in [0.15, 0.2) is 47.4 Å². The summed E-state index contributed by atoms with van der Waals surface area (Å²) in [6, 6.07) is 11.7. The molecule has 0 aromatic heterocycles. The van der Waals surface area contributed by atoms with Crippen LogP contribution in [0.4, 0.5) is 5.69 Å². The van der Waals surface area contributed by atoms with Gasteiger partial charge in [0.15, 0.2) is 6.54 Å². The fourth-order valence-electron chi connectivity index (χ4n) is 3.38. The number of carbonyl (C=O) groups excluding carboxylic acids is 1. The summed E-state index contributed by atoms with van der Waals surface area (Å²) in [5.74, 6) is 0.694. The molecule has 0 radical (unpaired) electrons. The predicted octanol–water partition coefficient (Wildman–Crippen LogP) is 0.885. The van der Waals surface area contributed by atoms with Crippen LogP contribution in [-0.4, -0.2) is 65.6 Å². The minimum Gasteiger partial charge on any atom is -0.495 e. The third-order valence-electron chi connectivity index (χ3n) is 4.96. The van der Waals surface area contributed by atoms with E-state index in [4.69, 9.17) is 21.1 Å². The number of methoxy groups -OCH3 is 2. The van der Waals surface area contributed by atoms with Crippen LogP contribution in [0.5, 0.6) is 11.5 Å². The molecule has 0 spiro atoms. The molecule has 1 amide bonds. The van der Waals surface area contributed by atoms with Gasteiger partial charge in [-0.15, -0.1) is 0 Å². The third-order valence-corrected chi connectivity index (χ3v) is 7.12. The number of ether oxygens (including phenoxy) is 2. The molecule has 1 heterocycles. The lowest BCUT2D eigenvalue weighted by molar-refractivity contribution is -0.895. The third kappa shape index (κ3) is 5.04. The zero-order chi connectivity index (χ0) is 21.7. The maximum atomic E-state index is 13.0. The molecule has 2 aromatic rings. The van der Waals surface area contributed by atoms with E-state index in [2.05, 4.69) is 5.32 Å². The second-order valence-corrected chi connectivity index (χ2v) is 9.22. The fourth-order valence-corrected chi connectivity index (χ4v) is 5.24. The molecular weight excluding hydrogens is 430 g/mol.